The fourth-order valence-corrected chi connectivity index (χ4v) is 4.19. The lowest BCUT2D eigenvalue weighted by molar-refractivity contribution is 0.0937. The lowest BCUT2D eigenvalue weighted by atomic mass is 10.1. The van der Waals surface area contributed by atoms with Crippen LogP contribution < -0.4 is 5.32 Å². The number of aromatic nitrogens is 3. The van der Waals surface area contributed by atoms with E-state index >= 15 is 0 Å². The third-order valence-corrected chi connectivity index (χ3v) is 5.95. The molecule has 32 heavy (non-hydrogen) atoms. The van der Waals surface area contributed by atoms with E-state index in [9.17, 15) is 9.18 Å². The van der Waals surface area contributed by atoms with Crippen molar-refractivity contribution in [3.63, 3.8) is 0 Å². The van der Waals surface area contributed by atoms with Crippen molar-refractivity contribution in [3.8, 4) is 0 Å². The van der Waals surface area contributed by atoms with Crippen LogP contribution in [-0.2, 0) is 17.0 Å². The Morgan fingerprint density at radius 2 is 1.84 bits per heavy atom. The van der Waals surface area contributed by atoms with Crippen LogP contribution in [-0.4, -0.2) is 40.7 Å². The van der Waals surface area contributed by atoms with Crippen LogP contribution in [0.5, 0.6) is 0 Å². The van der Waals surface area contributed by atoms with E-state index in [2.05, 4.69) is 14.9 Å². The fourth-order valence-electron chi connectivity index (χ4n) is 3.23. The number of imidazole rings is 1. The van der Waals surface area contributed by atoms with Gasteiger partial charge in [-0.2, -0.15) is 0 Å². The summed E-state index contributed by atoms with van der Waals surface area (Å²) in [5.41, 5.74) is 4.28. The summed E-state index contributed by atoms with van der Waals surface area (Å²) in [5, 5.41) is 3.66. The van der Waals surface area contributed by atoms with Gasteiger partial charge in [0.2, 0.25) is 0 Å². The summed E-state index contributed by atoms with van der Waals surface area (Å²) < 4.78 is 20.2. The fraction of sp³-hybridized carbons (Fsp3) is 0.208. The number of pyridine rings is 1. The van der Waals surface area contributed by atoms with Gasteiger partial charge in [0.1, 0.15) is 11.3 Å². The van der Waals surface area contributed by atoms with E-state index in [0.29, 0.717) is 31.0 Å². The molecule has 0 bridgehead atoms. The number of rotatable bonds is 9. The standard InChI is InChI=1S/C24H23FN4O2S/c1-31-14-13-27-23(30)19-8-4-17(5-9-19)15-29-22-21(3-2-12-26-22)28-24(29)32-16-18-6-10-20(25)11-7-18/h2-12H,13-16H2,1H3,(H,27,30). The first-order valence-corrected chi connectivity index (χ1v) is 11.2. The molecule has 1 amide bonds. The third-order valence-electron chi connectivity index (χ3n) is 4.90. The van der Waals surface area contributed by atoms with Crippen LogP contribution in [0.1, 0.15) is 21.5 Å². The molecule has 0 saturated carbocycles. The van der Waals surface area contributed by atoms with Crippen LogP contribution in [0, 0.1) is 5.82 Å². The van der Waals surface area contributed by atoms with Crippen LogP contribution in [0.4, 0.5) is 4.39 Å². The number of fused-ring (bicyclic) bond motifs is 1. The maximum atomic E-state index is 13.2. The third kappa shape index (κ3) is 5.33. The van der Waals surface area contributed by atoms with Crippen molar-refractivity contribution in [1.82, 2.24) is 19.9 Å². The van der Waals surface area contributed by atoms with Crippen LogP contribution in [0.2, 0.25) is 0 Å². The molecule has 8 heteroatoms. The number of carbonyl (C=O) groups is 1. The van der Waals surface area contributed by atoms with Gasteiger partial charge in [-0.15, -0.1) is 0 Å². The smallest absolute Gasteiger partial charge is 0.251 e. The molecule has 0 aliphatic carbocycles. The van der Waals surface area contributed by atoms with Gasteiger partial charge in [0.05, 0.1) is 13.2 Å². The molecule has 4 rings (SSSR count). The van der Waals surface area contributed by atoms with Crippen LogP contribution in [0.15, 0.2) is 72.0 Å². The van der Waals surface area contributed by atoms with Gasteiger partial charge in [0, 0.05) is 31.2 Å². The number of hydrogen-bond donors (Lipinski definition) is 1. The molecule has 2 aromatic heterocycles. The second kappa shape index (κ2) is 10.4. The van der Waals surface area contributed by atoms with Gasteiger partial charge in [-0.1, -0.05) is 36.0 Å². The molecule has 0 saturated heterocycles. The van der Waals surface area contributed by atoms with E-state index in [4.69, 9.17) is 9.72 Å². The van der Waals surface area contributed by atoms with E-state index in [0.717, 1.165) is 27.4 Å². The monoisotopic (exact) mass is 450 g/mol. The van der Waals surface area contributed by atoms with Gasteiger partial charge in [0.25, 0.3) is 5.91 Å². The second-order valence-corrected chi connectivity index (χ2v) is 8.13. The Bertz CT molecular complexity index is 1190. The zero-order valence-corrected chi connectivity index (χ0v) is 18.4. The van der Waals surface area contributed by atoms with E-state index in [1.54, 1.807) is 37.2 Å². The SMILES string of the molecule is COCCNC(=O)c1ccc(Cn2c(SCc3ccc(F)cc3)nc3cccnc32)cc1. The highest BCUT2D eigenvalue weighted by atomic mass is 32.2. The van der Waals surface area contributed by atoms with Crippen LogP contribution in [0.3, 0.4) is 0 Å². The number of methoxy groups -OCH3 is 1. The molecule has 0 fully saturated rings. The molecule has 164 valence electrons. The number of nitrogens with one attached hydrogen (secondary N) is 1. The number of benzene rings is 2. The average molecular weight is 451 g/mol. The highest BCUT2D eigenvalue weighted by Gasteiger charge is 2.13. The molecule has 0 aliphatic rings. The molecule has 2 heterocycles. The lowest BCUT2D eigenvalue weighted by Crippen LogP contribution is -2.26. The highest BCUT2D eigenvalue weighted by molar-refractivity contribution is 7.98. The summed E-state index contributed by atoms with van der Waals surface area (Å²) in [6, 6.07) is 17.8. The predicted molar refractivity (Wildman–Crippen MR) is 123 cm³/mol. The lowest BCUT2D eigenvalue weighted by Gasteiger charge is -2.10. The summed E-state index contributed by atoms with van der Waals surface area (Å²) in [7, 11) is 1.60. The van der Waals surface area contributed by atoms with Crippen molar-refractivity contribution in [2.45, 2.75) is 17.5 Å². The minimum Gasteiger partial charge on any atom is -0.383 e. The van der Waals surface area contributed by atoms with Gasteiger partial charge in [-0.05, 0) is 47.5 Å². The molecule has 0 atom stereocenters. The number of thioether (sulfide) groups is 1. The van der Waals surface area contributed by atoms with Gasteiger partial charge >= 0.3 is 0 Å². The summed E-state index contributed by atoms with van der Waals surface area (Å²) >= 11 is 1.58. The number of amides is 1. The first kappa shape index (κ1) is 22.0. The van der Waals surface area contributed by atoms with Gasteiger partial charge in [-0.25, -0.2) is 14.4 Å². The Labute approximate surface area is 189 Å². The van der Waals surface area contributed by atoms with Crippen molar-refractivity contribution in [2.24, 2.45) is 0 Å². The van der Waals surface area contributed by atoms with Crippen molar-refractivity contribution < 1.29 is 13.9 Å². The van der Waals surface area contributed by atoms with Crippen molar-refractivity contribution in [2.75, 3.05) is 20.3 Å². The Morgan fingerprint density at radius 1 is 1.09 bits per heavy atom. The first-order chi connectivity index (χ1) is 15.6. The average Bonchev–Trinajstić information content (AvgIpc) is 3.16. The summed E-state index contributed by atoms with van der Waals surface area (Å²) in [6.07, 6.45) is 1.75. The van der Waals surface area contributed by atoms with Gasteiger partial charge in [-0.3, -0.25) is 9.36 Å². The van der Waals surface area contributed by atoms with Gasteiger partial charge < -0.3 is 10.1 Å². The number of nitrogens with zero attached hydrogens (tertiary/aromatic N) is 3. The number of hydrogen-bond acceptors (Lipinski definition) is 5. The van der Waals surface area contributed by atoms with Crippen molar-refractivity contribution >= 4 is 28.8 Å². The quantitative estimate of drug-likeness (QED) is 0.304. The highest BCUT2D eigenvalue weighted by Crippen LogP contribution is 2.27. The van der Waals surface area contributed by atoms with E-state index in [1.165, 1.54) is 12.1 Å². The molecular weight excluding hydrogens is 427 g/mol. The number of carbonyl (C=O) groups excluding carboxylic acids is 1. The maximum Gasteiger partial charge on any atom is 0.251 e. The first-order valence-electron chi connectivity index (χ1n) is 10.2. The minimum atomic E-state index is -0.244. The van der Waals surface area contributed by atoms with Gasteiger partial charge in [0.15, 0.2) is 10.8 Å². The predicted octanol–water partition coefficient (Wildman–Crippen LogP) is 4.29. The zero-order valence-electron chi connectivity index (χ0n) is 17.6. The molecular formula is C24H23FN4O2S. The van der Waals surface area contributed by atoms with Crippen molar-refractivity contribution in [1.29, 1.82) is 0 Å². The van der Waals surface area contributed by atoms with Crippen LogP contribution >= 0.6 is 11.8 Å². The minimum absolute atomic E-state index is 0.126. The van der Waals surface area contributed by atoms with Crippen molar-refractivity contribution in [3.05, 3.63) is 89.4 Å². The van der Waals surface area contributed by atoms with E-state index in [1.807, 2.05) is 36.4 Å². The van der Waals surface area contributed by atoms with E-state index in [-0.39, 0.29) is 11.7 Å². The van der Waals surface area contributed by atoms with E-state index < -0.39 is 0 Å². The second-order valence-electron chi connectivity index (χ2n) is 7.19. The molecule has 6 nitrogen and oxygen atoms in total. The zero-order chi connectivity index (χ0) is 22.3. The molecule has 1 N–H and O–H groups in total. The Kier molecular flexibility index (Phi) is 7.14. The molecule has 0 radical (unpaired) electrons. The molecule has 2 aromatic carbocycles. The Hall–Kier alpha value is -3.23. The topological polar surface area (TPSA) is 69.0 Å². The molecule has 0 spiro atoms. The molecule has 0 aliphatic heterocycles. The number of halogens is 1. The summed E-state index contributed by atoms with van der Waals surface area (Å²) in [5.74, 6) is 0.300. The normalized spacial score (nSPS) is 11.1. The molecule has 4 aromatic rings. The number of ether oxygens (including phenoxy) is 1. The largest absolute Gasteiger partial charge is 0.383 e. The Balaban J connectivity index is 1.52. The maximum absolute atomic E-state index is 13.2. The Morgan fingerprint density at radius 3 is 2.59 bits per heavy atom. The summed E-state index contributed by atoms with van der Waals surface area (Å²) in [6.45, 7) is 1.52. The molecule has 0 unspecified atom stereocenters. The summed E-state index contributed by atoms with van der Waals surface area (Å²) in [4.78, 5) is 21.5. The van der Waals surface area contributed by atoms with Crippen LogP contribution in [0.25, 0.3) is 11.2 Å².